The number of aromatic nitrogens is 1. The van der Waals surface area contributed by atoms with E-state index in [1.165, 1.54) is 0 Å². The lowest BCUT2D eigenvalue weighted by atomic mass is 10.0. The Kier molecular flexibility index (Phi) is 5.34. The third-order valence-corrected chi connectivity index (χ3v) is 5.06. The molecule has 0 saturated carbocycles. The Hall–Kier alpha value is -2.86. The summed E-state index contributed by atoms with van der Waals surface area (Å²) in [5.74, 6) is 0.897. The van der Waals surface area contributed by atoms with Crippen molar-refractivity contribution in [1.82, 2.24) is 15.2 Å². The first-order chi connectivity index (χ1) is 13.3. The van der Waals surface area contributed by atoms with Crippen molar-refractivity contribution in [3.63, 3.8) is 0 Å². The second kappa shape index (κ2) is 8.22. The van der Waals surface area contributed by atoms with Gasteiger partial charge in [-0.1, -0.05) is 24.3 Å². The van der Waals surface area contributed by atoms with Crippen LogP contribution in [0.1, 0.15) is 30.0 Å². The van der Waals surface area contributed by atoms with Gasteiger partial charge in [0.25, 0.3) is 0 Å². The van der Waals surface area contributed by atoms with Crippen molar-refractivity contribution in [2.45, 2.75) is 18.5 Å². The summed E-state index contributed by atoms with van der Waals surface area (Å²) >= 11 is 5.64. The molecule has 5 nitrogen and oxygen atoms in total. The molecule has 0 bridgehead atoms. The number of hydrogen-bond acceptors (Lipinski definition) is 4. The Morgan fingerprint density at radius 3 is 2.67 bits per heavy atom. The van der Waals surface area contributed by atoms with Crippen molar-refractivity contribution in [2.75, 3.05) is 18.4 Å². The molecule has 3 heterocycles. The highest BCUT2D eigenvalue weighted by atomic mass is 32.1. The summed E-state index contributed by atoms with van der Waals surface area (Å²) < 4.78 is 5.74. The SMILES string of the molecule is S=C1N[C@@H](c2ccccn2)[C@@H](c2ccco2)N1CCCNc1ccccc1. The monoisotopic (exact) mass is 378 g/mol. The van der Waals surface area contributed by atoms with Gasteiger partial charge in [-0.15, -0.1) is 0 Å². The highest BCUT2D eigenvalue weighted by Crippen LogP contribution is 2.38. The van der Waals surface area contributed by atoms with Crippen LogP contribution < -0.4 is 10.6 Å². The normalized spacial score (nSPS) is 19.1. The molecule has 1 aliphatic rings. The van der Waals surface area contributed by atoms with Crippen LogP contribution in [0.3, 0.4) is 0 Å². The van der Waals surface area contributed by atoms with Gasteiger partial charge in [0.2, 0.25) is 0 Å². The van der Waals surface area contributed by atoms with E-state index in [-0.39, 0.29) is 12.1 Å². The maximum atomic E-state index is 5.74. The van der Waals surface area contributed by atoms with Crippen LogP contribution in [0.4, 0.5) is 5.69 Å². The second-order valence-electron chi connectivity index (χ2n) is 6.48. The van der Waals surface area contributed by atoms with Gasteiger partial charge in [0.05, 0.1) is 18.0 Å². The number of hydrogen-bond donors (Lipinski definition) is 2. The molecule has 2 N–H and O–H groups in total. The molecule has 0 spiro atoms. The van der Waals surface area contributed by atoms with Gasteiger partial charge in [-0.05, 0) is 55.0 Å². The molecule has 0 amide bonds. The highest BCUT2D eigenvalue weighted by Gasteiger charge is 2.40. The summed E-state index contributed by atoms with van der Waals surface area (Å²) in [4.78, 5) is 6.73. The number of anilines is 1. The zero-order valence-corrected chi connectivity index (χ0v) is 15.7. The van der Waals surface area contributed by atoms with E-state index < -0.39 is 0 Å². The molecule has 6 heteroatoms. The fraction of sp³-hybridized carbons (Fsp3) is 0.238. The van der Waals surface area contributed by atoms with Gasteiger partial charge < -0.3 is 20.0 Å². The number of para-hydroxylation sites is 1. The molecule has 1 saturated heterocycles. The summed E-state index contributed by atoms with van der Waals surface area (Å²) in [6.45, 7) is 1.71. The summed E-state index contributed by atoms with van der Waals surface area (Å²) in [5, 5.41) is 7.62. The second-order valence-corrected chi connectivity index (χ2v) is 6.87. The standard InChI is InChI=1S/C21H22N4OS/c27-21-24-19(17-10-4-5-12-23-17)20(18-11-6-15-26-18)25(21)14-7-13-22-16-8-2-1-3-9-16/h1-6,8-12,15,19-20,22H,7,13-14H2,(H,24,27)/t19-,20+/m0/s1. The number of nitrogens with one attached hydrogen (secondary N) is 2. The van der Waals surface area contributed by atoms with Crippen LogP contribution in [0, 0.1) is 0 Å². The molecule has 138 valence electrons. The van der Waals surface area contributed by atoms with Crippen LogP contribution in [-0.2, 0) is 0 Å². The number of benzene rings is 1. The minimum Gasteiger partial charge on any atom is -0.467 e. The molecule has 1 aromatic carbocycles. The molecule has 2 atom stereocenters. The molecule has 0 aliphatic carbocycles. The maximum Gasteiger partial charge on any atom is 0.170 e. The molecule has 1 aliphatic heterocycles. The van der Waals surface area contributed by atoms with Crippen molar-refractivity contribution < 1.29 is 4.42 Å². The number of furan rings is 1. The van der Waals surface area contributed by atoms with Gasteiger partial charge in [0, 0.05) is 25.0 Å². The van der Waals surface area contributed by atoms with E-state index in [1.54, 1.807) is 6.26 Å². The minimum absolute atomic E-state index is 0.000810. The van der Waals surface area contributed by atoms with Crippen molar-refractivity contribution in [2.24, 2.45) is 0 Å². The first kappa shape index (κ1) is 17.5. The van der Waals surface area contributed by atoms with Crippen molar-refractivity contribution in [1.29, 1.82) is 0 Å². The van der Waals surface area contributed by atoms with Crippen LogP contribution in [0.25, 0.3) is 0 Å². The quantitative estimate of drug-likeness (QED) is 0.476. The van der Waals surface area contributed by atoms with E-state index in [9.17, 15) is 0 Å². The zero-order valence-electron chi connectivity index (χ0n) is 14.9. The maximum absolute atomic E-state index is 5.74. The average molecular weight is 379 g/mol. The third kappa shape index (κ3) is 3.95. The molecule has 0 unspecified atom stereocenters. The van der Waals surface area contributed by atoms with Crippen LogP contribution in [0.5, 0.6) is 0 Å². The average Bonchev–Trinajstić information content (AvgIpc) is 3.35. The molecule has 1 fully saturated rings. The summed E-state index contributed by atoms with van der Waals surface area (Å²) in [6.07, 6.45) is 4.48. The molecule has 0 radical (unpaired) electrons. The predicted molar refractivity (Wildman–Crippen MR) is 110 cm³/mol. The lowest BCUT2D eigenvalue weighted by Gasteiger charge is -2.26. The molecular weight excluding hydrogens is 356 g/mol. The summed E-state index contributed by atoms with van der Waals surface area (Å²) in [6, 6.07) is 20.1. The van der Waals surface area contributed by atoms with Crippen LogP contribution in [0.2, 0.25) is 0 Å². The topological polar surface area (TPSA) is 53.3 Å². The predicted octanol–water partition coefficient (Wildman–Crippen LogP) is 4.15. The summed E-state index contributed by atoms with van der Waals surface area (Å²) in [7, 11) is 0. The van der Waals surface area contributed by atoms with Crippen molar-refractivity contribution >= 4 is 23.0 Å². The van der Waals surface area contributed by atoms with E-state index in [4.69, 9.17) is 16.6 Å². The summed E-state index contributed by atoms with van der Waals surface area (Å²) in [5.41, 5.74) is 2.10. The fourth-order valence-corrected chi connectivity index (χ4v) is 3.78. The lowest BCUT2D eigenvalue weighted by molar-refractivity contribution is 0.272. The Bertz CT molecular complexity index is 854. The van der Waals surface area contributed by atoms with E-state index in [0.717, 1.165) is 41.8 Å². The Morgan fingerprint density at radius 1 is 1.07 bits per heavy atom. The Balaban J connectivity index is 1.46. The van der Waals surface area contributed by atoms with Gasteiger partial charge in [0.1, 0.15) is 11.8 Å². The first-order valence-electron chi connectivity index (χ1n) is 9.13. The Labute approximate surface area is 164 Å². The van der Waals surface area contributed by atoms with Crippen LogP contribution in [0.15, 0.2) is 77.5 Å². The van der Waals surface area contributed by atoms with Gasteiger partial charge in [-0.3, -0.25) is 4.98 Å². The van der Waals surface area contributed by atoms with Gasteiger partial charge in [-0.25, -0.2) is 0 Å². The number of thiocarbonyl (C=S) groups is 1. The molecular formula is C21H22N4OS. The minimum atomic E-state index is -0.0214. The zero-order chi connectivity index (χ0) is 18.5. The largest absolute Gasteiger partial charge is 0.467 e. The van der Waals surface area contributed by atoms with E-state index in [2.05, 4.69) is 32.7 Å². The fourth-order valence-electron chi connectivity index (χ4n) is 3.45. The number of rotatable bonds is 7. The smallest absolute Gasteiger partial charge is 0.170 e. The van der Waals surface area contributed by atoms with Gasteiger partial charge in [-0.2, -0.15) is 0 Å². The van der Waals surface area contributed by atoms with Gasteiger partial charge >= 0.3 is 0 Å². The first-order valence-corrected chi connectivity index (χ1v) is 9.54. The highest BCUT2D eigenvalue weighted by molar-refractivity contribution is 7.80. The van der Waals surface area contributed by atoms with Gasteiger partial charge in [0.15, 0.2) is 5.11 Å². The molecule has 3 aromatic rings. The lowest BCUT2D eigenvalue weighted by Crippen LogP contribution is -2.31. The molecule has 2 aromatic heterocycles. The molecule has 4 rings (SSSR count). The van der Waals surface area contributed by atoms with E-state index >= 15 is 0 Å². The van der Waals surface area contributed by atoms with Crippen LogP contribution in [-0.4, -0.2) is 28.1 Å². The number of nitrogens with zero attached hydrogens (tertiary/aromatic N) is 2. The Morgan fingerprint density at radius 2 is 1.93 bits per heavy atom. The van der Waals surface area contributed by atoms with E-state index in [0.29, 0.717) is 0 Å². The van der Waals surface area contributed by atoms with Crippen molar-refractivity contribution in [3.05, 3.63) is 84.6 Å². The third-order valence-electron chi connectivity index (χ3n) is 4.71. The van der Waals surface area contributed by atoms with Crippen LogP contribution >= 0.6 is 12.2 Å². The van der Waals surface area contributed by atoms with E-state index in [1.807, 2.05) is 54.7 Å². The molecule has 27 heavy (non-hydrogen) atoms. The van der Waals surface area contributed by atoms with Crippen molar-refractivity contribution in [3.8, 4) is 0 Å². The number of pyridine rings is 1.